The third kappa shape index (κ3) is 2.95. The summed E-state index contributed by atoms with van der Waals surface area (Å²) in [5, 5.41) is 11.7. The Morgan fingerprint density at radius 3 is 2.38 bits per heavy atom. The fourth-order valence-electron chi connectivity index (χ4n) is 1.93. The lowest BCUT2D eigenvalue weighted by Crippen LogP contribution is -2.16. The van der Waals surface area contributed by atoms with Gasteiger partial charge in [0.1, 0.15) is 5.82 Å². The summed E-state index contributed by atoms with van der Waals surface area (Å²) in [6, 6.07) is 8.43. The summed E-state index contributed by atoms with van der Waals surface area (Å²) in [7, 11) is 0. The van der Waals surface area contributed by atoms with Crippen LogP contribution < -0.4 is 11.5 Å². The lowest BCUT2D eigenvalue weighted by Gasteiger charge is -2.01. The average molecular weight is 325 g/mol. The summed E-state index contributed by atoms with van der Waals surface area (Å²) < 4.78 is 13.8. The molecule has 0 spiro atoms. The van der Waals surface area contributed by atoms with Gasteiger partial charge in [0, 0.05) is 18.0 Å². The van der Waals surface area contributed by atoms with E-state index in [1.807, 2.05) is 0 Å². The predicted molar refractivity (Wildman–Crippen MR) is 85.6 cm³/mol. The number of benzene rings is 1. The van der Waals surface area contributed by atoms with Gasteiger partial charge in [-0.3, -0.25) is 9.78 Å². The first-order valence-electron chi connectivity index (χ1n) is 6.82. The Balaban J connectivity index is 1.92. The zero-order valence-corrected chi connectivity index (χ0v) is 12.3. The van der Waals surface area contributed by atoms with E-state index in [0.717, 1.165) is 4.68 Å². The third-order valence-corrected chi connectivity index (χ3v) is 3.13. The van der Waals surface area contributed by atoms with Gasteiger partial charge >= 0.3 is 0 Å². The molecule has 4 N–H and O–H groups in total. The second-order valence-electron chi connectivity index (χ2n) is 4.75. The summed E-state index contributed by atoms with van der Waals surface area (Å²) in [6.45, 7) is 0. The molecule has 3 aromatic rings. The Hall–Kier alpha value is -3.62. The lowest BCUT2D eigenvalue weighted by molar-refractivity contribution is 0.0948. The minimum Gasteiger partial charge on any atom is -0.382 e. The van der Waals surface area contributed by atoms with Crippen LogP contribution in [0.4, 0.5) is 27.4 Å². The number of hydrogen-bond acceptors (Lipinski definition) is 7. The highest BCUT2D eigenvalue weighted by molar-refractivity contribution is 5.98. The summed E-state index contributed by atoms with van der Waals surface area (Å²) >= 11 is 0. The van der Waals surface area contributed by atoms with E-state index in [-0.39, 0.29) is 23.1 Å². The van der Waals surface area contributed by atoms with Crippen molar-refractivity contribution in [3.8, 4) is 0 Å². The maximum atomic E-state index is 12.9. The second kappa shape index (κ2) is 6.24. The first-order chi connectivity index (χ1) is 11.6. The van der Waals surface area contributed by atoms with Gasteiger partial charge in [-0.15, -0.1) is 10.2 Å². The number of carbonyl (C=O) groups excluding carboxylic acids is 1. The van der Waals surface area contributed by atoms with E-state index in [0.29, 0.717) is 11.3 Å². The second-order valence-corrected chi connectivity index (χ2v) is 4.75. The molecule has 8 nitrogen and oxygen atoms in total. The molecule has 0 amide bonds. The third-order valence-electron chi connectivity index (χ3n) is 3.13. The molecule has 0 unspecified atom stereocenters. The van der Waals surface area contributed by atoms with Crippen LogP contribution in [0, 0.1) is 5.82 Å². The van der Waals surface area contributed by atoms with Gasteiger partial charge in [0.2, 0.25) is 0 Å². The summed E-state index contributed by atoms with van der Waals surface area (Å²) in [6.07, 6.45) is 2.96. The minimum atomic E-state index is -0.468. The van der Waals surface area contributed by atoms with E-state index >= 15 is 0 Å². The Morgan fingerprint density at radius 2 is 1.71 bits per heavy atom. The van der Waals surface area contributed by atoms with Crippen molar-refractivity contribution in [2.45, 2.75) is 0 Å². The number of azo groups is 1. The standard InChI is InChI=1S/C15H12FN7O/c16-10-1-3-11(4-2-10)20-21-12-13(17)22-23(14(12)18)15(24)9-5-7-19-8-6-9/h1-8H,18H2,(H2,17,22). The van der Waals surface area contributed by atoms with E-state index in [1.54, 1.807) is 0 Å². The molecule has 0 aliphatic heterocycles. The molecule has 2 aromatic heterocycles. The molecule has 0 saturated heterocycles. The Kier molecular flexibility index (Phi) is 3.98. The fraction of sp³-hybridized carbons (Fsp3) is 0. The van der Waals surface area contributed by atoms with Crippen molar-refractivity contribution in [3.05, 3.63) is 60.2 Å². The summed E-state index contributed by atoms with van der Waals surface area (Å²) in [4.78, 5) is 16.2. The van der Waals surface area contributed by atoms with Crippen LogP contribution >= 0.6 is 0 Å². The monoisotopic (exact) mass is 325 g/mol. The number of pyridine rings is 1. The molecule has 0 atom stereocenters. The van der Waals surface area contributed by atoms with Crippen LogP contribution in [0.15, 0.2) is 59.0 Å². The fourth-order valence-corrected chi connectivity index (χ4v) is 1.93. The number of anilines is 2. The Bertz CT molecular complexity index is 904. The molecule has 120 valence electrons. The smallest absolute Gasteiger partial charge is 0.280 e. The molecule has 0 saturated carbocycles. The van der Waals surface area contributed by atoms with Gasteiger partial charge in [-0.25, -0.2) is 4.39 Å². The highest BCUT2D eigenvalue weighted by Crippen LogP contribution is 2.31. The van der Waals surface area contributed by atoms with Gasteiger partial charge in [-0.05, 0) is 36.4 Å². The summed E-state index contributed by atoms with van der Waals surface area (Å²) in [5.74, 6) is -0.936. The van der Waals surface area contributed by atoms with E-state index < -0.39 is 5.91 Å². The van der Waals surface area contributed by atoms with Crippen LogP contribution in [0.1, 0.15) is 10.4 Å². The van der Waals surface area contributed by atoms with Crippen LogP contribution in [0.5, 0.6) is 0 Å². The zero-order valence-electron chi connectivity index (χ0n) is 12.3. The topological polar surface area (TPSA) is 125 Å². The van der Waals surface area contributed by atoms with Crippen molar-refractivity contribution in [2.75, 3.05) is 11.5 Å². The van der Waals surface area contributed by atoms with Crippen molar-refractivity contribution in [3.63, 3.8) is 0 Å². The number of hydrogen-bond donors (Lipinski definition) is 2. The highest BCUT2D eigenvalue weighted by atomic mass is 19.1. The largest absolute Gasteiger partial charge is 0.382 e. The molecule has 3 rings (SSSR count). The van der Waals surface area contributed by atoms with Gasteiger partial charge in [0.15, 0.2) is 17.3 Å². The van der Waals surface area contributed by atoms with Gasteiger partial charge in [0.25, 0.3) is 5.91 Å². The molecule has 24 heavy (non-hydrogen) atoms. The van der Waals surface area contributed by atoms with Crippen molar-refractivity contribution in [2.24, 2.45) is 10.2 Å². The number of rotatable bonds is 3. The molecule has 0 aliphatic rings. The highest BCUT2D eigenvalue weighted by Gasteiger charge is 2.19. The molecule has 2 heterocycles. The van der Waals surface area contributed by atoms with Gasteiger partial charge in [-0.2, -0.15) is 9.80 Å². The van der Waals surface area contributed by atoms with Crippen molar-refractivity contribution in [1.82, 2.24) is 14.8 Å². The maximum Gasteiger partial charge on any atom is 0.280 e. The van der Waals surface area contributed by atoms with Crippen LogP contribution in [0.2, 0.25) is 0 Å². The quantitative estimate of drug-likeness (QED) is 0.716. The average Bonchev–Trinajstić information content (AvgIpc) is 2.89. The Morgan fingerprint density at radius 1 is 1.04 bits per heavy atom. The maximum absolute atomic E-state index is 12.9. The molecule has 1 aromatic carbocycles. The van der Waals surface area contributed by atoms with Gasteiger partial charge in [0.05, 0.1) is 5.69 Å². The first-order valence-corrected chi connectivity index (χ1v) is 6.82. The molecule has 0 fully saturated rings. The van der Waals surface area contributed by atoms with Crippen LogP contribution in [-0.4, -0.2) is 20.7 Å². The van der Waals surface area contributed by atoms with E-state index in [4.69, 9.17) is 11.5 Å². The normalized spacial score (nSPS) is 11.0. The first kappa shape index (κ1) is 15.3. The van der Waals surface area contributed by atoms with E-state index in [1.165, 1.54) is 48.8 Å². The van der Waals surface area contributed by atoms with E-state index in [9.17, 15) is 9.18 Å². The Labute approximate surface area is 135 Å². The number of halogens is 1. The predicted octanol–water partition coefficient (Wildman–Crippen LogP) is 2.69. The number of carbonyl (C=O) groups is 1. The molecule has 0 aliphatic carbocycles. The van der Waals surface area contributed by atoms with Crippen molar-refractivity contribution in [1.29, 1.82) is 0 Å². The molecular formula is C15H12FN7O. The van der Waals surface area contributed by atoms with Crippen LogP contribution in [0.3, 0.4) is 0 Å². The van der Waals surface area contributed by atoms with Gasteiger partial charge in [-0.1, -0.05) is 0 Å². The summed E-state index contributed by atoms with van der Waals surface area (Å²) in [5.41, 5.74) is 12.5. The van der Waals surface area contributed by atoms with E-state index in [2.05, 4.69) is 20.3 Å². The van der Waals surface area contributed by atoms with Crippen LogP contribution in [-0.2, 0) is 0 Å². The zero-order chi connectivity index (χ0) is 17.1. The molecule has 0 bridgehead atoms. The number of nitrogen functional groups attached to an aromatic ring is 2. The SMILES string of the molecule is Nc1nn(C(=O)c2ccncc2)c(N)c1N=Nc1ccc(F)cc1. The van der Waals surface area contributed by atoms with Crippen molar-refractivity contribution >= 4 is 28.9 Å². The number of nitrogens with zero attached hydrogens (tertiary/aromatic N) is 5. The number of nitrogens with two attached hydrogens (primary N) is 2. The van der Waals surface area contributed by atoms with Gasteiger partial charge < -0.3 is 11.5 Å². The van der Waals surface area contributed by atoms with Crippen molar-refractivity contribution < 1.29 is 9.18 Å². The molecule has 0 radical (unpaired) electrons. The number of aromatic nitrogens is 3. The minimum absolute atomic E-state index is 0.0410. The molecule has 9 heteroatoms. The lowest BCUT2D eigenvalue weighted by atomic mass is 10.2. The molecular weight excluding hydrogens is 313 g/mol. The van der Waals surface area contributed by atoms with Crippen LogP contribution in [0.25, 0.3) is 0 Å².